The maximum Gasteiger partial charge on any atom is 0.0682 e. The van der Waals surface area contributed by atoms with Gasteiger partial charge in [-0.25, -0.2) is 0 Å². The summed E-state index contributed by atoms with van der Waals surface area (Å²) >= 11 is 0. The van der Waals surface area contributed by atoms with Gasteiger partial charge in [0.25, 0.3) is 0 Å². The van der Waals surface area contributed by atoms with Gasteiger partial charge < -0.3 is 4.98 Å². The quantitative estimate of drug-likeness (QED) is 0.719. The minimum absolute atomic E-state index is 1.07. The molecule has 1 aliphatic rings. The molecule has 0 fully saturated rings. The number of nitrogens with one attached hydrogen (secondary N) is 1. The zero-order valence-electron chi connectivity index (χ0n) is 9.68. The number of aliphatic imine (C=N–C) groups is 1. The monoisotopic (exact) mass is 200 g/mol. The standard InChI is InChI=1S/C13H16N2/c1-8-5-10(3)15-12(8)6-13-11(4)9(2)7-14-13/h5-7,15H,1-4H3. The summed E-state index contributed by atoms with van der Waals surface area (Å²) in [6.07, 6.45) is 4.04. The Balaban J connectivity index is 2.41. The molecule has 1 aromatic rings. The molecule has 0 amide bonds. The molecule has 2 rings (SSSR count). The van der Waals surface area contributed by atoms with E-state index in [1.165, 1.54) is 22.4 Å². The predicted octanol–water partition coefficient (Wildman–Crippen LogP) is 3.39. The Kier molecular flexibility index (Phi) is 2.35. The maximum absolute atomic E-state index is 4.39. The summed E-state index contributed by atoms with van der Waals surface area (Å²) in [6, 6.07) is 2.15. The topological polar surface area (TPSA) is 28.1 Å². The van der Waals surface area contributed by atoms with Crippen molar-refractivity contribution in [2.24, 2.45) is 4.99 Å². The van der Waals surface area contributed by atoms with Crippen LogP contribution < -0.4 is 0 Å². The van der Waals surface area contributed by atoms with Crippen LogP contribution in [0.5, 0.6) is 0 Å². The van der Waals surface area contributed by atoms with Crippen molar-refractivity contribution >= 4 is 12.3 Å². The van der Waals surface area contributed by atoms with E-state index in [-0.39, 0.29) is 0 Å². The molecule has 0 unspecified atom stereocenters. The first kappa shape index (κ1) is 9.97. The van der Waals surface area contributed by atoms with E-state index in [1.807, 2.05) is 6.21 Å². The number of rotatable bonds is 1. The summed E-state index contributed by atoms with van der Waals surface area (Å²) in [6.45, 7) is 8.38. The van der Waals surface area contributed by atoms with E-state index in [0.717, 1.165) is 11.4 Å². The largest absolute Gasteiger partial charge is 0.359 e. The summed E-state index contributed by atoms with van der Waals surface area (Å²) in [5, 5.41) is 0. The molecule has 0 saturated heterocycles. The van der Waals surface area contributed by atoms with Gasteiger partial charge in [-0.15, -0.1) is 0 Å². The van der Waals surface area contributed by atoms with Gasteiger partial charge in [0.05, 0.1) is 5.70 Å². The third-order valence-electron chi connectivity index (χ3n) is 2.84. The fourth-order valence-electron chi connectivity index (χ4n) is 1.74. The lowest BCUT2D eigenvalue weighted by atomic mass is 10.1. The second-order valence-corrected chi connectivity index (χ2v) is 4.14. The summed E-state index contributed by atoms with van der Waals surface area (Å²) in [7, 11) is 0. The van der Waals surface area contributed by atoms with Gasteiger partial charge in [0, 0.05) is 17.6 Å². The molecule has 0 atom stereocenters. The number of allylic oxidation sites excluding steroid dienone is 2. The highest BCUT2D eigenvalue weighted by Crippen LogP contribution is 2.24. The average molecular weight is 200 g/mol. The van der Waals surface area contributed by atoms with Crippen LogP contribution in [0.1, 0.15) is 30.8 Å². The lowest BCUT2D eigenvalue weighted by Crippen LogP contribution is -1.82. The minimum Gasteiger partial charge on any atom is -0.359 e. The van der Waals surface area contributed by atoms with Crippen LogP contribution in [-0.2, 0) is 0 Å². The third kappa shape index (κ3) is 1.80. The van der Waals surface area contributed by atoms with Crippen molar-refractivity contribution < 1.29 is 0 Å². The SMILES string of the molecule is CC1=C(C)C(=Cc2[nH]c(C)cc2C)N=C1. The molecule has 0 saturated carbocycles. The van der Waals surface area contributed by atoms with Gasteiger partial charge in [0.15, 0.2) is 0 Å². The van der Waals surface area contributed by atoms with Crippen molar-refractivity contribution in [1.82, 2.24) is 4.98 Å². The van der Waals surface area contributed by atoms with Gasteiger partial charge in [-0.3, -0.25) is 4.99 Å². The van der Waals surface area contributed by atoms with Gasteiger partial charge in [-0.2, -0.15) is 0 Å². The Hall–Kier alpha value is -1.57. The maximum atomic E-state index is 4.39. The summed E-state index contributed by atoms with van der Waals surface area (Å²) in [4.78, 5) is 7.72. The molecular formula is C13H16N2. The highest BCUT2D eigenvalue weighted by Gasteiger charge is 2.09. The van der Waals surface area contributed by atoms with Gasteiger partial charge in [-0.05, 0) is 56.5 Å². The number of H-pyrrole nitrogens is 1. The Morgan fingerprint density at radius 2 is 1.93 bits per heavy atom. The molecule has 0 aliphatic carbocycles. The van der Waals surface area contributed by atoms with Crippen molar-refractivity contribution in [3.05, 3.63) is 39.9 Å². The summed E-state index contributed by atoms with van der Waals surface area (Å²) < 4.78 is 0. The molecular weight excluding hydrogens is 184 g/mol. The van der Waals surface area contributed by atoms with Gasteiger partial charge in [-0.1, -0.05) is 0 Å². The van der Waals surface area contributed by atoms with Crippen LogP contribution in [0, 0.1) is 13.8 Å². The smallest absolute Gasteiger partial charge is 0.0682 e. The second kappa shape index (κ2) is 3.54. The molecule has 1 aromatic heterocycles. The van der Waals surface area contributed by atoms with Crippen LogP contribution in [-0.4, -0.2) is 11.2 Å². The Bertz CT molecular complexity index is 485. The summed E-state index contributed by atoms with van der Waals surface area (Å²) in [5.74, 6) is 0. The lowest BCUT2D eigenvalue weighted by molar-refractivity contribution is 1.23. The number of aromatic nitrogens is 1. The molecule has 0 radical (unpaired) electrons. The number of hydrogen-bond acceptors (Lipinski definition) is 1. The fourth-order valence-corrected chi connectivity index (χ4v) is 1.74. The highest BCUT2D eigenvalue weighted by molar-refractivity contribution is 5.87. The second-order valence-electron chi connectivity index (χ2n) is 4.14. The van der Waals surface area contributed by atoms with Crippen LogP contribution in [0.2, 0.25) is 0 Å². The van der Waals surface area contributed by atoms with Crippen molar-refractivity contribution in [2.45, 2.75) is 27.7 Å². The van der Waals surface area contributed by atoms with Crippen LogP contribution in [0.4, 0.5) is 0 Å². The number of aromatic amines is 1. The Morgan fingerprint density at radius 1 is 1.20 bits per heavy atom. The van der Waals surface area contributed by atoms with E-state index in [4.69, 9.17) is 0 Å². The van der Waals surface area contributed by atoms with E-state index in [9.17, 15) is 0 Å². The first-order valence-corrected chi connectivity index (χ1v) is 5.18. The zero-order valence-corrected chi connectivity index (χ0v) is 9.68. The summed E-state index contributed by atoms with van der Waals surface area (Å²) in [5.41, 5.74) is 7.21. The molecule has 78 valence electrons. The fraction of sp³-hybridized carbons (Fsp3) is 0.308. The van der Waals surface area contributed by atoms with Crippen molar-refractivity contribution in [3.8, 4) is 0 Å². The van der Waals surface area contributed by atoms with Crippen LogP contribution in [0.15, 0.2) is 27.9 Å². The van der Waals surface area contributed by atoms with Crippen molar-refractivity contribution in [1.29, 1.82) is 0 Å². The number of nitrogens with zero attached hydrogens (tertiary/aromatic N) is 1. The molecule has 2 heteroatoms. The predicted molar refractivity (Wildman–Crippen MR) is 65.1 cm³/mol. The van der Waals surface area contributed by atoms with Gasteiger partial charge >= 0.3 is 0 Å². The van der Waals surface area contributed by atoms with Crippen LogP contribution >= 0.6 is 0 Å². The third-order valence-corrected chi connectivity index (χ3v) is 2.84. The molecule has 0 spiro atoms. The van der Waals surface area contributed by atoms with Crippen LogP contribution in [0.3, 0.4) is 0 Å². The van der Waals surface area contributed by atoms with E-state index >= 15 is 0 Å². The first-order chi connectivity index (χ1) is 7.08. The highest BCUT2D eigenvalue weighted by atomic mass is 14.8. The molecule has 2 nitrogen and oxygen atoms in total. The van der Waals surface area contributed by atoms with Crippen molar-refractivity contribution in [3.63, 3.8) is 0 Å². The van der Waals surface area contributed by atoms with E-state index < -0.39 is 0 Å². The molecule has 1 aliphatic heterocycles. The molecule has 2 heterocycles. The van der Waals surface area contributed by atoms with E-state index in [0.29, 0.717) is 0 Å². The van der Waals surface area contributed by atoms with E-state index in [2.05, 4.69) is 49.8 Å². The normalized spacial score (nSPS) is 18.3. The van der Waals surface area contributed by atoms with E-state index in [1.54, 1.807) is 0 Å². The van der Waals surface area contributed by atoms with Gasteiger partial charge in [0.1, 0.15) is 0 Å². The van der Waals surface area contributed by atoms with Crippen molar-refractivity contribution in [2.75, 3.05) is 0 Å². The average Bonchev–Trinajstić information content (AvgIpc) is 2.64. The molecule has 0 bridgehead atoms. The Labute approximate surface area is 90.4 Å². The zero-order chi connectivity index (χ0) is 11.0. The number of aryl methyl sites for hydroxylation is 2. The molecule has 1 N–H and O–H groups in total. The molecule has 0 aromatic carbocycles. The van der Waals surface area contributed by atoms with Gasteiger partial charge in [0.2, 0.25) is 0 Å². The molecule has 15 heavy (non-hydrogen) atoms. The number of hydrogen-bond donors (Lipinski definition) is 1. The Morgan fingerprint density at radius 3 is 2.40 bits per heavy atom. The van der Waals surface area contributed by atoms with Crippen LogP contribution in [0.25, 0.3) is 6.08 Å². The minimum atomic E-state index is 1.07. The lowest BCUT2D eigenvalue weighted by Gasteiger charge is -1.98. The first-order valence-electron chi connectivity index (χ1n) is 5.18.